The number of nitrogen functional groups attached to an aromatic ring is 1. The molecule has 1 amide bonds. The second-order valence-corrected chi connectivity index (χ2v) is 4.37. The Balaban J connectivity index is 1.98. The summed E-state index contributed by atoms with van der Waals surface area (Å²) in [4.78, 5) is 11.7. The first-order chi connectivity index (χ1) is 9.86. The van der Waals surface area contributed by atoms with Crippen LogP contribution >= 0.6 is 0 Å². The second-order valence-electron chi connectivity index (χ2n) is 4.37. The summed E-state index contributed by atoms with van der Waals surface area (Å²) in [6.07, 6.45) is -2.93. The Morgan fingerprint density at radius 3 is 2.62 bits per heavy atom. The fraction of sp³-hybridized carbons (Fsp3) is 0.231. The first-order valence-electron chi connectivity index (χ1n) is 6.07. The first-order valence-corrected chi connectivity index (χ1v) is 6.07. The fourth-order valence-corrected chi connectivity index (χ4v) is 1.81. The lowest BCUT2D eigenvalue weighted by Crippen LogP contribution is -2.28. The summed E-state index contributed by atoms with van der Waals surface area (Å²) in [5, 5.41) is 6.24. The van der Waals surface area contributed by atoms with Gasteiger partial charge in [-0.25, -0.2) is 0 Å². The van der Waals surface area contributed by atoms with Crippen LogP contribution < -0.4 is 11.1 Å². The van der Waals surface area contributed by atoms with E-state index in [1.807, 2.05) is 0 Å². The van der Waals surface area contributed by atoms with E-state index < -0.39 is 17.6 Å². The molecule has 0 aliphatic rings. The lowest BCUT2D eigenvalue weighted by molar-refractivity contribution is -0.138. The topological polar surface area (TPSA) is 72.9 Å². The summed E-state index contributed by atoms with van der Waals surface area (Å²) >= 11 is 0. The molecule has 2 rings (SSSR count). The summed E-state index contributed by atoms with van der Waals surface area (Å²) in [7, 11) is 0. The van der Waals surface area contributed by atoms with Crippen molar-refractivity contribution in [3.63, 3.8) is 0 Å². The zero-order valence-electron chi connectivity index (χ0n) is 10.9. The van der Waals surface area contributed by atoms with E-state index >= 15 is 0 Å². The molecule has 0 saturated heterocycles. The highest BCUT2D eigenvalue weighted by atomic mass is 19.4. The molecule has 0 spiro atoms. The van der Waals surface area contributed by atoms with Gasteiger partial charge >= 0.3 is 6.18 Å². The molecule has 0 unspecified atom stereocenters. The van der Waals surface area contributed by atoms with Gasteiger partial charge in [-0.05, 0) is 17.7 Å². The smallest absolute Gasteiger partial charge is 0.382 e. The average molecular weight is 298 g/mol. The molecule has 0 aliphatic carbocycles. The van der Waals surface area contributed by atoms with Crippen molar-refractivity contribution in [3.8, 4) is 0 Å². The number of anilines is 1. The van der Waals surface area contributed by atoms with Gasteiger partial charge in [0.25, 0.3) is 0 Å². The number of alkyl halides is 3. The third-order valence-corrected chi connectivity index (χ3v) is 2.77. The van der Waals surface area contributed by atoms with Crippen LogP contribution in [0.3, 0.4) is 0 Å². The Kier molecular flexibility index (Phi) is 4.15. The molecule has 112 valence electrons. The average Bonchev–Trinajstić information content (AvgIpc) is 2.81. The Bertz CT molecular complexity index is 636. The molecular weight excluding hydrogens is 285 g/mol. The van der Waals surface area contributed by atoms with E-state index in [0.717, 1.165) is 6.07 Å². The second kappa shape index (κ2) is 5.86. The molecule has 0 bridgehead atoms. The maximum absolute atomic E-state index is 12.8. The number of hydrogen-bond donors (Lipinski definition) is 2. The van der Waals surface area contributed by atoms with Crippen molar-refractivity contribution in [1.82, 2.24) is 15.1 Å². The highest BCUT2D eigenvalue weighted by Crippen LogP contribution is 2.31. The molecule has 1 heterocycles. The summed E-state index contributed by atoms with van der Waals surface area (Å²) < 4.78 is 39.7. The van der Waals surface area contributed by atoms with Gasteiger partial charge in [0.1, 0.15) is 12.4 Å². The third kappa shape index (κ3) is 3.98. The number of rotatable bonds is 4. The Labute approximate surface area is 118 Å². The number of aromatic nitrogens is 2. The summed E-state index contributed by atoms with van der Waals surface area (Å²) in [6.45, 7) is -0.309. The maximum Gasteiger partial charge on any atom is 0.416 e. The van der Waals surface area contributed by atoms with Crippen molar-refractivity contribution >= 4 is 11.7 Å². The van der Waals surface area contributed by atoms with Crippen LogP contribution in [-0.4, -0.2) is 15.7 Å². The van der Waals surface area contributed by atoms with Gasteiger partial charge in [-0.1, -0.05) is 18.2 Å². The molecule has 0 radical (unpaired) electrons. The van der Waals surface area contributed by atoms with Gasteiger partial charge in [0.2, 0.25) is 5.91 Å². The molecule has 3 N–H and O–H groups in total. The van der Waals surface area contributed by atoms with Crippen LogP contribution in [0.15, 0.2) is 36.5 Å². The van der Waals surface area contributed by atoms with Gasteiger partial charge < -0.3 is 11.1 Å². The summed E-state index contributed by atoms with van der Waals surface area (Å²) in [6, 6.07) is 6.63. The van der Waals surface area contributed by atoms with Gasteiger partial charge in [-0.15, -0.1) is 0 Å². The van der Waals surface area contributed by atoms with Crippen LogP contribution in [0.1, 0.15) is 11.1 Å². The lowest BCUT2D eigenvalue weighted by Gasteiger charge is -2.13. The van der Waals surface area contributed by atoms with E-state index in [2.05, 4.69) is 10.4 Å². The normalized spacial score (nSPS) is 11.4. The van der Waals surface area contributed by atoms with Crippen LogP contribution in [-0.2, 0) is 24.1 Å². The van der Waals surface area contributed by atoms with Gasteiger partial charge in [-0.3, -0.25) is 9.48 Å². The molecule has 0 saturated carbocycles. The van der Waals surface area contributed by atoms with Gasteiger partial charge in [-0.2, -0.15) is 18.3 Å². The molecule has 8 heteroatoms. The molecule has 1 aromatic heterocycles. The largest absolute Gasteiger partial charge is 0.416 e. The van der Waals surface area contributed by atoms with Crippen molar-refractivity contribution in [1.29, 1.82) is 0 Å². The van der Waals surface area contributed by atoms with E-state index in [1.165, 1.54) is 35.1 Å². The number of nitrogens with zero attached hydrogens (tertiary/aromatic N) is 2. The number of halogens is 3. The summed E-state index contributed by atoms with van der Waals surface area (Å²) in [5.41, 5.74) is 4.65. The van der Waals surface area contributed by atoms with Crippen LogP contribution in [0, 0.1) is 0 Å². The standard InChI is InChI=1S/C13H13F3N4O/c14-13(15,16)10-4-2-1-3-9(10)7-18-12(21)8-20-6-5-11(17)19-20/h1-6H,7-8H2,(H2,17,19)(H,18,21). The maximum atomic E-state index is 12.8. The molecule has 5 nitrogen and oxygen atoms in total. The zero-order valence-corrected chi connectivity index (χ0v) is 10.9. The van der Waals surface area contributed by atoms with Gasteiger partial charge in [0.15, 0.2) is 0 Å². The third-order valence-electron chi connectivity index (χ3n) is 2.77. The van der Waals surface area contributed by atoms with Crippen molar-refractivity contribution < 1.29 is 18.0 Å². The minimum Gasteiger partial charge on any atom is -0.382 e. The molecule has 0 atom stereocenters. The number of carbonyl (C=O) groups is 1. The van der Waals surface area contributed by atoms with Crippen LogP contribution in [0.2, 0.25) is 0 Å². The number of benzene rings is 1. The number of nitrogens with two attached hydrogens (primary N) is 1. The molecule has 0 aliphatic heterocycles. The number of amides is 1. The van der Waals surface area contributed by atoms with Crippen molar-refractivity contribution in [3.05, 3.63) is 47.7 Å². The Morgan fingerprint density at radius 1 is 1.29 bits per heavy atom. The Morgan fingerprint density at radius 2 is 2.00 bits per heavy atom. The predicted octanol–water partition coefficient (Wildman–Crippen LogP) is 1.80. The number of carbonyl (C=O) groups excluding carboxylic acids is 1. The quantitative estimate of drug-likeness (QED) is 0.904. The molecule has 1 aromatic carbocycles. The monoisotopic (exact) mass is 298 g/mol. The SMILES string of the molecule is Nc1ccn(CC(=O)NCc2ccccc2C(F)(F)F)n1. The molecule has 21 heavy (non-hydrogen) atoms. The first kappa shape index (κ1) is 14.9. The van der Waals surface area contributed by atoms with Crippen LogP contribution in [0.25, 0.3) is 0 Å². The lowest BCUT2D eigenvalue weighted by atomic mass is 10.1. The van der Waals surface area contributed by atoms with E-state index in [9.17, 15) is 18.0 Å². The van der Waals surface area contributed by atoms with E-state index in [1.54, 1.807) is 0 Å². The number of nitrogens with one attached hydrogen (secondary N) is 1. The highest BCUT2D eigenvalue weighted by molar-refractivity contribution is 5.75. The van der Waals surface area contributed by atoms with Crippen LogP contribution in [0.4, 0.5) is 19.0 Å². The van der Waals surface area contributed by atoms with Gasteiger partial charge in [0.05, 0.1) is 5.56 Å². The van der Waals surface area contributed by atoms with Crippen molar-refractivity contribution in [2.24, 2.45) is 0 Å². The summed E-state index contributed by atoms with van der Waals surface area (Å²) in [5.74, 6) is -0.180. The molecule has 2 aromatic rings. The fourth-order valence-electron chi connectivity index (χ4n) is 1.81. The molecule has 0 fully saturated rings. The predicted molar refractivity (Wildman–Crippen MR) is 69.9 cm³/mol. The van der Waals surface area contributed by atoms with Gasteiger partial charge in [0, 0.05) is 12.7 Å². The minimum atomic E-state index is -4.45. The Hall–Kier alpha value is -2.51. The van der Waals surface area contributed by atoms with Crippen molar-refractivity contribution in [2.45, 2.75) is 19.3 Å². The molecular formula is C13H13F3N4O. The minimum absolute atomic E-state index is 0.0123. The van der Waals surface area contributed by atoms with Crippen molar-refractivity contribution in [2.75, 3.05) is 5.73 Å². The van der Waals surface area contributed by atoms with E-state index in [-0.39, 0.29) is 24.5 Å². The van der Waals surface area contributed by atoms with E-state index in [0.29, 0.717) is 0 Å². The number of hydrogen-bond acceptors (Lipinski definition) is 3. The van der Waals surface area contributed by atoms with Crippen LogP contribution in [0.5, 0.6) is 0 Å². The highest BCUT2D eigenvalue weighted by Gasteiger charge is 2.32. The zero-order chi connectivity index (χ0) is 15.5. The van der Waals surface area contributed by atoms with E-state index in [4.69, 9.17) is 5.73 Å².